The molecule has 0 spiro atoms. The van der Waals surface area contributed by atoms with E-state index in [-0.39, 0.29) is 5.91 Å². The van der Waals surface area contributed by atoms with Gasteiger partial charge in [0.15, 0.2) is 5.58 Å². The summed E-state index contributed by atoms with van der Waals surface area (Å²) in [6.45, 7) is 1.99. The number of nitrogens with zero attached hydrogens (tertiary/aromatic N) is 1. The van der Waals surface area contributed by atoms with Gasteiger partial charge in [-0.2, -0.15) is 0 Å². The largest absolute Gasteiger partial charge is 0.436 e. The number of aromatic nitrogens is 1. The van der Waals surface area contributed by atoms with Crippen molar-refractivity contribution in [2.24, 2.45) is 0 Å². The predicted octanol–water partition coefficient (Wildman–Crippen LogP) is 7.42. The van der Waals surface area contributed by atoms with Gasteiger partial charge < -0.3 is 9.73 Å². The molecule has 0 saturated heterocycles. The molecular formula is C23H15Cl3N2O2. The van der Waals surface area contributed by atoms with Crippen molar-refractivity contribution in [3.63, 3.8) is 0 Å². The van der Waals surface area contributed by atoms with E-state index in [1.165, 1.54) is 6.08 Å². The second kappa shape index (κ2) is 8.52. The van der Waals surface area contributed by atoms with Crippen molar-refractivity contribution >= 4 is 63.6 Å². The van der Waals surface area contributed by atoms with Crippen molar-refractivity contribution in [2.45, 2.75) is 6.92 Å². The molecule has 4 rings (SSSR count). The second-order valence-corrected chi connectivity index (χ2v) is 7.92. The van der Waals surface area contributed by atoms with Crippen LogP contribution in [0.15, 0.2) is 65.1 Å². The first-order valence-corrected chi connectivity index (χ1v) is 10.1. The maximum atomic E-state index is 12.4. The van der Waals surface area contributed by atoms with Gasteiger partial charge in [-0.3, -0.25) is 4.79 Å². The molecule has 1 N–H and O–H groups in total. The molecule has 0 aliphatic rings. The Morgan fingerprint density at radius 1 is 1.00 bits per heavy atom. The number of carbonyl (C=O) groups excluding carboxylic acids is 1. The van der Waals surface area contributed by atoms with Crippen molar-refractivity contribution in [1.82, 2.24) is 4.98 Å². The lowest BCUT2D eigenvalue weighted by Crippen LogP contribution is -2.08. The molecule has 0 fully saturated rings. The third kappa shape index (κ3) is 4.51. The number of hydrogen-bond acceptors (Lipinski definition) is 3. The Morgan fingerprint density at radius 2 is 1.83 bits per heavy atom. The Balaban J connectivity index is 1.56. The first-order valence-electron chi connectivity index (χ1n) is 9.00. The summed E-state index contributed by atoms with van der Waals surface area (Å²) in [5.41, 5.74) is 4.38. The highest BCUT2D eigenvalue weighted by Crippen LogP contribution is 2.31. The molecule has 1 heterocycles. The Labute approximate surface area is 188 Å². The van der Waals surface area contributed by atoms with Gasteiger partial charge in [-0.1, -0.05) is 46.9 Å². The first kappa shape index (κ1) is 20.5. The van der Waals surface area contributed by atoms with Crippen LogP contribution in [0.1, 0.15) is 11.1 Å². The van der Waals surface area contributed by atoms with Crippen molar-refractivity contribution in [1.29, 1.82) is 0 Å². The van der Waals surface area contributed by atoms with Crippen LogP contribution in [0.2, 0.25) is 15.1 Å². The second-order valence-electron chi connectivity index (χ2n) is 6.67. The van der Waals surface area contributed by atoms with Crippen molar-refractivity contribution in [3.05, 3.63) is 86.9 Å². The standard InChI is InChI=1S/C23H15Cl3N2O2/c1-13-2-8-19-21(10-13)30-23(28-19)15-4-7-17(25)20(11-15)27-22(29)9-5-14-3-6-16(24)12-18(14)26/h2-12H,1H3,(H,27,29)/b9-5+. The van der Waals surface area contributed by atoms with E-state index in [9.17, 15) is 4.79 Å². The zero-order valence-electron chi connectivity index (χ0n) is 15.7. The first-order chi connectivity index (χ1) is 14.4. The zero-order valence-corrected chi connectivity index (χ0v) is 18.0. The molecule has 7 heteroatoms. The summed E-state index contributed by atoms with van der Waals surface area (Å²) >= 11 is 18.3. The molecule has 0 unspecified atom stereocenters. The Hall–Kier alpha value is -2.79. The summed E-state index contributed by atoms with van der Waals surface area (Å²) in [5.74, 6) is 0.0968. The van der Waals surface area contributed by atoms with E-state index in [1.54, 1.807) is 42.5 Å². The van der Waals surface area contributed by atoms with Gasteiger partial charge in [0, 0.05) is 21.7 Å². The Bertz CT molecular complexity index is 1300. The van der Waals surface area contributed by atoms with E-state index in [2.05, 4.69) is 10.3 Å². The van der Waals surface area contributed by atoms with E-state index in [1.807, 2.05) is 25.1 Å². The minimum absolute atomic E-state index is 0.353. The van der Waals surface area contributed by atoms with Gasteiger partial charge in [-0.25, -0.2) is 4.98 Å². The third-order valence-electron chi connectivity index (χ3n) is 4.39. The number of aryl methyl sites for hydroxylation is 1. The van der Waals surface area contributed by atoms with Crippen LogP contribution >= 0.6 is 34.8 Å². The predicted molar refractivity (Wildman–Crippen MR) is 123 cm³/mol. The molecule has 3 aromatic carbocycles. The average molecular weight is 458 g/mol. The van der Waals surface area contributed by atoms with Gasteiger partial charge >= 0.3 is 0 Å². The molecule has 0 atom stereocenters. The molecule has 30 heavy (non-hydrogen) atoms. The van der Waals surface area contributed by atoms with Gasteiger partial charge in [0.25, 0.3) is 0 Å². The van der Waals surface area contributed by atoms with Crippen molar-refractivity contribution < 1.29 is 9.21 Å². The van der Waals surface area contributed by atoms with E-state index >= 15 is 0 Å². The summed E-state index contributed by atoms with van der Waals surface area (Å²) in [5, 5.41) is 4.15. The lowest BCUT2D eigenvalue weighted by Gasteiger charge is -2.07. The fraction of sp³-hybridized carbons (Fsp3) is 0.0435. The maximum Gasteiger partial charge on any atom is 0.248 e. The van der Waals surface area contributed by atoms with Gasteiger partial charge in [0.1, 0.15) is 5.52 Å². The highest BCUT2D eigenvalue weighted by molar-refractivity contribution is 6.35. The lowest BCUT2D eigenvalue weighted by atomic mass is 10.2. The van der Waals surface area contributed by atoms with Crippen LogP contribution in [-0.4, -0.2) is 10.9 Å². The summed E-state index contributed by atoms with van der Waals surface area (Å²) in [7, 11) is 0. The minimum atomic E-state index is -0.353. The number of nitrogens with one attached hydrogen (secondary N) is 1. The fourth-order valence-electron chi connectivity index (χ4n) is 2.89. The number of fused-ring (bicyclic) bond motifs is 1. The molecule has 1 amide bonds. The Morgan fingerprint density at radius 3 is 2.63 bits per heavy atom. The highest BCUT2D eigenvalue weighted by Gasteiger charge is 2.12. The molecular weight excluding hydrogens is 443 g/mol. The lowest BCUT2D eigenvalue weighted by molar-refractivity contribution is -0.111. The number of benzene rings is 3. The number of carbonyl (C=O) groups is 1. The number of anilines is 1. The van der Waals surface area contributed by atoms with E-state index in [0.29, 0.717) is 43.4 Å². The minimum Gasteiger partial charge on any atom is -0.436 e. The third-order valence-corrected chi connectivity index (χ3v) is 5.28. The van der Waals surface area contributed by atoms with Crippen LogP contribution in [0.3, 0.4) is 0 Å². The number of halogens is 3. The quantitative estimate of drug-likeness (QED) is 0.324. The number of rotatable bonds is 4. The van der Waals surface area contributed by atoms with E-state index < -0.39 is 0 Å². The van der Waals surface area contributed by atoms with Crippen LogP contribution in [-0.2, 0) is 4.79 Å². The summed E-state index contributed by atoms with van der Waals surface area (Å²) in [6, 6.07) is 16.1. The highest BCUT2D eigenvalue weighted by atomic mass is 35.5. The van der Waals surface area contributed by atoms with E-state index in [0.717, 1.165) is 11.1 Å². The van der Waals surface area contributed by atoms with Gasteiger partial charge in [0.2, 0.25) is 11.8 Å². The van der Waals surface area contributed by atoms with Gasteiger partial charge in [0.05, 0.1) is 10.7 Å². The topological polar surface area (TPSA) is 55.1 Å². The van der Waals surface area contributed by atoms with Crippen molar-refractivity contribution in [3.8, 4) is 11.5 Å². The number of hydrogen-bond donors (Lipinski definition) is 1. The van der Waals surface area contributed by atoms with Gasteiger partial charge in [-0.15, -0.1) is 0 Å². The van der Waals surface area contributed by atoms with Gasteiger partial charge in [-0.05, 0) is 66.6 Å². The van der Waals surface area contributed by atoms with Crippen LogP contribution in [0.4, 0.5) is 5.69 Å². The van der Waals surface area contributed by atoms with Crippen LogP contribution in [0.25, 0.3) is 28.6 Å². The van der Waals surface area contributed by atoms with Crippen LogP contribution in [0, 0.1) is 6.92 Å². The molecule has 4 nitrogen and oxygen atoms in total. The normalized spacial score (nSPS) is 11.3. The van der Waals surface area contributed by atoms with Crippen LogP contribution in [0.5, 0.6) is 0 Å². The monoisotopic (exact) mass is 456 g/mol. The molecule has 0 aliphatic carbocycles. The molecule has 0 saturated carbocycles. The molecule has 150 valence electrons. The van der Waals surface area contributed by atoms with E-state index in [4.69, 9.17) is 39.2 Å². The molecule has 0 radical (unpaired) electrons. The molecule has 0 aliphatic heterocycles. The fourth-order valence-corrected chi connectivity index (χ4v) is 3.52. The maximum absolute atomic E-state index is 12.4. The zero-order chi connectivity index (χ0) is 21.3. The molecule has 0 bridgehead atoms. The number of oxazole rings is 1. The summed E-state index contributed by atoms with van der Waals surface area (Å²) < 4.78 is 5.86. The van der Waals surface area contributed by atoms with Crippen LogP contribution < -0.4 is 5.32 Å². The smallest absolute Gasteiger partial charge is 0.248 e. The molecule has 1 aromatic heterocycles. The summed E-state index contributed by atoms with van der Waals surface area (Å²) in [4.78, 5) is 16.9. The summed E-state index contributed by atoms with van der Waals surface area (Å²) in [6.07, 6.45) is 2.98. The Kier molecular flexibility index (Phi) is 5.82. The SMILES string of the molecule is Cc1ccc2nc(-c3ccc(Cl)c(NC(=O)/C=C/c4ccc(Cl)cc4Cl)c3)oc2c1. The van der Waals surface area contributed by atoms with Crippen molar-refractivity contribution in [2.75, 3.05) is 5.32 Å². The number of amides is 1. The molecule has 4 aromatic rings. The average Bonchev–Trinajstić information content (AvgIpc) is 3.12.